The van der Waals surface area contributed by atoms with Crippen molar-refractivity contribution in [1.29, 1.82) is 0 Å². The molecule has 6 nitrogen and oxygen atoms in total. The highest BCUT2D eigenvalue weighted by Gasteiger charge is 2.30. The van der Waals surface area contributed by atoms with E-state index in [1.807, 2.05) is 91.3 Å². The lowest BCUT2D eigenvalue weighted by molar-refractivity contribution is -0.110. The molecule has 0 radical (unpaired) electrons. The van der Waals surface area contributed by atoms with E-state index in [1.54, 1.807) is 12.2 Å². The largest absolute Gasteiger partial charge is 0.359 e. The Morgan fingerprint density at radius 2 is 1.68 bits per heavy atom. The van der Waals surface area contributed by atoms with Crippen molar-refractivity contribution >= 4 is 29.5 Å². The Balaban J connectivity index is 0.000000979. The highest BCUT2D eigenvalue weighted by atomic mass is 19.1. The number of benzene rings is 1. The number of carbonyl (C=O) groups excluding carboxylic acids is 2. The van der Waals surface area contributed by atoms with Gasteiger partial charge in [-0.3, -0.25) is 4.79 Å². The van der Waals surface area contributed by atoms with Gasteiger partial charge in [0.1, 0.15) is 12.1 Å². The number of aldehydes is 1. The first kappa shape index (κ1) is 34.5. The summed E-state index contributed by atoms with van der Waals surface area (Å²) in [5, 5.41) is 8.58. The summed E-state index contributed by atoms with van der Waals surface area (Å²) >= 11 is 0. The van der Waals surface area contributed by atoms with Crippen molar-refractivity contribution in [3.05, 3.63) is 88.6 Å². The normalized spacial score (nSPS) is 15.5. The summed E-state index contributed by atoms with van der Waals surface area (Å²) in [4.78, 5) is 24.7. The lowest BCUT2D eigenvalue weighted by Gasteiger charge is -2.15. The number of rotatable bonds is 3. The highest BCUT2D eigenvalue weighted by molar-refractivity contribution is 6.35. The van der Waals surface area contributed by atoms with Gasteiger partial charge < -0.3 is 25.7 Å². The number of anilines is 1. The Morgan fingerprint density at radius 1 is 1.08 bits per heavy atom. The molecule has 0 saturated carbocycles. The van der Waals surface area contributed by atoms with Crippen molar-refractivity contribution in [3.63, 3.8) is 0 Å². The highest BCUT2D eigenvalue weighted by Crippen LogP contribution is 2.41. The standard InChI is InChI=1S/C22H19FN2O.C3H9N.C2H7N.C2H4O.C2H6/c1-13-11-14(2)24-20(13)12-17-21-16(8-6-10-19(21)25-22(17)26)15-7-4-3-5-9-18(15)23;1-3-4-2;1-3-2;1-2-3;1-2/h3-12,15,24H,1-2H3,(H,25,26);4H,3H2,1-2H3;3H,1-2H3;2H,1H3;1-2H3/b17-12-;;;;. The number of halogens is 1. The topological polar surface area (TPSA) is 86.0 Å². The second-order valence-electron chi connectivity index (χ2n) is 8.07. The van der Waals surface area contributed by atoms with Crippen LogP contribution in [0.3, 0.4) is 0 Å². The molecule has 1 aliphatic heterocycles. The molecule has 1 atom stereocenters. The van der Waals surface area contributed by atoms with E-state index in [4.69, 9.17) is 4.79 Å². The van der Waals surface area contributed by atoms with Gasteiger partial charge in [0.25, 0.3) is 5.91 Å². The van der Waals surface area contributed by atoms with Crippen molar-refractivity contribution in [3.8, 4) is 0 Å². The zero-order valence-corrected chi connectivity index (χ0v) is 24.3. The molecule has 1 aromatic carbocycles. The van der Waals surface area contributed by atoms with Crippen molar-refractivity contribution in [2.45, 2.75) is 47.5 Å². The average Bonchev–Trinajstić information content (AvgIpc) is 3.30. The predicted molar refractivity (Wildman–Crippen MR) is 161 cm³/mol. The maximum absolute atomic E-state index is 14.6. The van der Waals surface area contributed by atoms with Gasteiger partial charge in [-0.25, -0.2) is 4.39 Å². The number of aryl methyl sites for hydroxylation is 2. The van der Waals surface area contributed by atoms with Crippen LogP contribution in [-0.2, 0) is 9.59 Å². The zero-order valence-electron chi connectivity index (χ0n) is 24.3. The molecule has 0 bridgehead atoms. The number of H-pyrrole nitrogens is 1. The van der Waals surface area contributed by atoms with Crippen molar-refractivity contribution < 1.29 is 14.0 Å². The first-order valence-electron chi connectivity index (χ1n) is 12.9. The molecule has 208 valence electrons. The SMILES string of the molecule is CC.CC=O.CCNC.CNC.Cc1cc(C)c(/C=C2\C(=O)Nc3cccc(C4C=CC=CC=C4F)c32)[nH]1. The van der Waals surface area contributed by atoms with Crippen molar-refractivity contribution in [2.75, 3.05) is 33.0 Å². The van der Waals surface area contributed by atoms with Crippen molar-refractivity contribution in [1.82, 2.24) is 15.6 Å². The van der Waals surface area contributed by atoms with Gasteiger partial charge >= 0.3 is 0 Å². The lowest BCUT2D eigenvalue weighted by atomic mass is 9.89. The Kier molecular flexibility index (Phi) is 17.7. The summed E-state index contributed by atoms with van der Waals surface area (Å²) < 4.78 is 14.6. The van der Waals surface area contributed by atoms with Crippen molar-refractivity contribution in [2.24, 2.45) is 0 Å². The maximum Gasteiger partial charge on any atom is 0.256 e. The van der Waals surface area contributed by atoms with E-state index >= 15 is 0 Å². The number of amides is 1. The molecule has 1 aromatic heterocycles. The molecule has 0 fully saturated rings. The molecule has 1 amide bonds. The van der Waals surface area contributed by atoms with E-state index in [9.17, 15) is 9.18 Å². The van der Waals surface area contributed by atoms with Crippen LogP contribution in [-0.4, -0.2) is 44.9 Å². The van der Waals surface area contributed by atoms with Gasteiger partial charge in [0.05, 0.1) is 11.5 Å². The third kappa shape index (κ3) is 10.4. The minimum atomic E-state index is -0.512. The summed E-state index contributed by atoms with van der Waals surface area (Å²) in [5.41, 5.74) is 5.82. The molecule has 2 heterocycles. The lowest BCUT2D eigenvalue weighted by Crippen LogP contribution is -2.04. The predicted octanol–water partition coefficient (Wildman–Crippen LogP) is 6.48. The Morgan fingerprint density at radius 3 is 2.21 bits per heavy atom. The molecule has 2 aromatic rings. The Hall–Kier alpha value is -3.55. The summed E-state index contributed by atoms with van der Waals surface area (Å²) in [5.74, 6) is -0.921. The van der Waals surface area contributed by atoms with Gasteiger partial charge in [0, 0.05) is 22.6 Å². The summed E-state index contributed by atoms with van der Waals surface area (Å²) in [6, 6.07) is 7.62. The first-order valence-corrected chi connectivity index (χ1v) is 12.9. The molecule has 7 heteroatoms. The number of allylic oxidation sites excluding steroid dienone is 6. The molecule has 4 rings (SSSR count). The van der Waals surface area contributed by atoms with E-state index in [1.165, 1.54) is 13.0 Å². The van der Waals surface area contributed by atoms with Crippen LogP contribution in [0.15, 0.2) is 60.5 Å². The van der Waals surface area contributed by atoms with E-state index in [0.29, 0.717) is 5.57 Å². The second kappa shape index (κ2) is 19.5. The Bertz CT molecular complexity index is 1120. The van der Waals surface area contributed by atoms with Crippen LogP contribution in [0.4, 0.5) is 10.1 Å². The van der Waals surface area contributed by atoms with E-state index in [-0.39, 0.29) is 11.7 Å². The van der Waals surface area contributed by atoms with Gasteiger partial charge in [-0.05, 0) is 83.9 Å². The summed E-state index contributed by atoms with van der Waals surface area (Å²) in [6.45, 7) is 12.6. The molecule has 2 aliphatic rings. The van der Waals surface area contributed by atoms with Gasteiger partial charge in [-0.2, -0.15) is 0 Å². The average molecular weight is 525 g/mol. The van der Waals surface area contributed by atoms with E-state index in [2.05, 4.69) is 27.9 Å². The minimum Gasteiger partial charge on any atom is -0.359 e. The van der Waals surface area contributed by atoms with Crippen LogP contribution in [0.25, 0.3) is 11.6 Å². The number of carbonyl (C=O) groups is 2. The van der Waals surface area contributed by atoms with Crippen LogP contribution in [0.1, 0.15) is 61.7 Å². The fraction of sp³-hybridized carbons (Fsp3) is 0.355. The smallest absolute Gasteiger partial charge is 0.256 e. The summed E-state index contributed by atoms with van der Waals surface area (Å²) in [6.07, 6.45) is 11.2. The molecule has 4 N–H and O–H groups in total. The Labute approximate surface area is 228 Å². The monoisotopic (exact) mass is 524 g/mol. The molecular weight excluding hydrogens is 479 g/mol. The zero-order chi connectivity index (χ0) is 29.1. The fourth-order valence-corrected chi connectivity index (χ4v) is 3.55. The summed E-state index contributed by atoms with van der Waals surface area (Å²) in [7, 11) is 5.68. The minimum absolute atomic E-state index is 0.167. The number of aromatic amines is 1. The first-order chi connectivity index (χ1) is 18.3. The molecule has 1 aliphatic carbocycles. The molecule has 38 heavy (non-hydrogen) atoms. The second-order valence-corrected chi connectivity index (χ2v) is 8.07. The molecule has 0 saturated heterocycles. The van der Waals surface area contributed by atoms with Gasteiger partial charge in [0.2, 0.25) is 0 Å². The van der Waals surface area contributed by atoms with Gasteiger partial charge in [-0.15, -0.1) is 0 Å². The van der Waals surface area contributed by atoms with Gasteiger partial charge in [0.15, 0.2) is 0 Å². The number of hydrogen-bond acceptors (Lipinski definition) is 4. The number of hydrogen-bond donors (Lipinski definition) is 4. The fourth-order valence-electron chi connectivity index (χ4n) is 3.55. The van der Waals surface area contributed by atoms with Gasteiger partial charge in [-0.1, -0.05) is 57.2 Å². The molecule has 1 unspecified atom stereocenters. The maximum atomic E-state index is 14.6. The number of fused-ring (bicyclic) bond motifs is 1. The van der Waals surface area contributed by atoms with Crippen LogP contribution < -0.4 is 16.0 Å². The number of aromatic nitrogens is 1. The van der Waals surface area contributed by atoms with Crippen LogP contribution in [0.2, 0.25) is 0 Å². The number of nitrogens with one attached hydrogen (secondary N) is 4. The molecular formula is C31H45FN4O2. The van der Waals surface area contributed by atoms with E-state index < -0.39 is 5.92 Å². The quantitative estimate of drug-likeness (QED) is 0.273. The third-order valence-corrected chi connectivity index (χ3v) is 5.10. The van der Waals surface area contributed by atoms with Crippen LogP contribution in [0, 0.1) is 13.8 Å². The molecule has 0 spiro atoms. The van der Waals surface area contributed by atoms with E-state index in [0.717, 1.165) is 46.6 Å². The van der Waals surface area contributed by atoms with Crippen LogP contribution >= 0.6 is 0 Å². The van der Waals surface area contributed by atoms with Crippen LogP contribution in [0.5, 0.6) is 0 Å². The third-order valence-electron chi connectivity index (χ3n) is 5.10.